The number of phenols is 1. The van der Waals surface area contributed by atoms with E-state index in [0.29, 0.717) is 22.3 Å². The van der Waals surface area contributed by atoms with Gasteiger partial charge in [-0.15, -0.1) is 0 Å². The SMILES string of the molecule is CCOc1cc([C@H]2NC(=O)NC(C)=C2C(=O)OC)c(Br)cc1O. The first kappa shape index (κ1) is 17.1. The minimum absolute atomic E-state index is 0.0388. The van der Waals surface area contributed by atoms with Crippen LogP contribution in [0.3, 0.4) is 0 Å². The Morgan fingerprint density at radius 2 is 2.13 bits per heavy atom. The highest BCUT2D eigenvalue weighted by Gasteiger charge is 2.33. The van der Waals surface area contributed by atoms with Gasteiger partial charge in [0.25, 0.3) is 0 Å². The molecule has 124 valence electrons. The molecule has 1 aromatic carbocycles. The molecular weight excluding hydrogens is 368 g/mol. The fourth-order valence-electron chi connectivity index (χ4n) is 2.36. The van der Waals surface area contributed by atoms with Crippen LogP contribution in [0, 0.1) is 0 Å². The molecule has 8 heteroatoms. The van der Waals surface area contributed by atoms with E-state index >= 15 is 0 Å². The molecule has 0 bridgehead atoms. The molecule has 0 aliphatic carbocycles. The van der Waals surface area contributed by atoms with Gasteiger partial charge < -0.3 is 25.2 Å². The minimum atomic E-state index is -0.731. The first-order valence-corrected chi connectivity index (χ1v) is 7.70. The van der Waals surface area contributed by atoms with Gasteiger partial charge in [0.05, 0.1) is 25.3 Å². The predicted octanol–water partition coefficient (Wildman–Crippen LogP) is 2.35. The highest BCUT2D eigenvalue weighted by atomic mass is 79.9. The number of halogens is 1. The summed E-state index contributed by atoms with van der Waals surface area (Å²) in [4.78, 5) is 23.9. The number of carbonyl (C=O) groups is 2. The first-order chi connectivity index (χ1) is 10.9. The lowest BCUT2D eigenvalue weighted by Gasteiger charge is -2.28. The minimum Gasteiger partial charge on any atom is -0.504 e. The Hall–Kier alpha value is -2.22. The molecule has 0 unspecified atom stereocenters. The maximum atomic E-state index is 12.1. The van der Waals surface area contributed by atoms with E-state index in [4.69, 9.17) is 9.47 Å². The van der Waals surface area contributed by atoms with Gasteiger partial charge in [0.15, 0.2) is 11.5 Å². The number of hydrogen-bond acceptors (Lipinski definition) is 5. The second kappa shape index (κ2) is 6.91. The van der Waals surface area contributed by atoms with E-state index in [1.165, 1.54) is 13.2 Å². The normalized spacial score (nSPS) is 17.4. The maximum Gasteiger partial charge on any atom is 0.337 e. The summed E-state index contributed by atoms with van der Waals surface area (Å²) in [5.74, 6) is -0.332. The molecule has 1 aromatic rings. The standard InChI is InChI=1S/C15H17BrN2O5/c1-4-23-11-5-8(9(16)6-10(11)19)13-12(14(20)22-3)7(2)17-15(21)18-13/h5-6,13,19H,4H2,1-3H3,(H2,17,18,21)/t13-/m1/s1. The van der Waals surface area contributed by atoms with Crippen molar-refractivity contribution in [3.63, 3.8) is 0 Å². The molecular formula is C15H17BrN2O5. The molecule has 0 radical (unpaired) electrons. The molecule has 2 rings (SSSR count). The van der Waals surface area contributed by atoms with Gasteiger partial charge in [0.2, 0.25) is 0 Å². The van der Waals surface area contributed by atoms with Crippen LogP contribution < -0.4 is 15.4 Å². The molecule has 1 aliphatic rings. The lowest BCUT2D eigenvalue weighted by molar-refractivity contribution is -0.136. The van der Waals surface area contributed by atoms with Crippen LogP contribution in [0.15, 0.2) is 27.9 Å². The number of nitrogens with one attached hydrogen (secondary N) is 2. The third kappa shape index (κ3) is 3.42. The summed E-state index contributed by atoms with van der Waals surface area (Å²) in [7, 11) is 1.27. The van der Waals surface area contributed by atoms with Crippen molar-refractivity contribution in [2.24, 2.45) is 0 Å². The second-order valence-corrected chi connectivity index (χ2v) is 5.69. The Morgan fingerprint density at radius 3 is 2.74 bits per heavy atom. The quantitative estimate of drug-likeness (QED) is 0.692. The Labute approximate surface area is 141 Å². The summed E-state index contributed by atoms with van der Waals surface area (Å²) >= 11 is 3.34. The van der Waals surface area contributed by atoms with E-state index in [9.17, 15) is 14.7 Å². The zero-order chi connectivity index (χ0) is 17.1. The first-order valence-electron chi connectivity index (χ1n) is 6.90. The number of benzene rings is 1. The van der Waals surface area contributed by atoms with Crippen molar-refractivity contribution in [3.05, 3.63) is 33.4 Å². The van der Waals surface area contributed by atoms with Gasteiger partial charge in [0, 0.05) is 10.2 Å². The summed E-state index contributed by atoms with van der Waals surface area (Å²) < 4.78 is 10.7. The van der Waals surface area contributed by atoms with Crippen LogP contribution in [0.5, 0.6) is 11.5 Å². The van der Waals surface area contributed by atoms with Crippen LogP contribution in [-0.2, 0) is 9.53 Å². The van der Waals surface area contributed by atoms with Gasteiger partial charge >= 0.3 is 12.0 Å². The number of aromatic hydroxyl groups is 1. The number of rotatable bonds is 4. The zero-order valence-corrected chi connectivity index (χ0v) is 14.5. The van der Waals surface area contributed by atoms with Crippen molar-refractivity contribution in [3.8, 4) is 11.5 Å². The van der Waals surface area contributed by atoms with E-state index < -0.39 is 18.0 Å². The van der Waals surface area contributed by atoms with Crippen molar-refractivity contribution in [2.75, 3.05) is 13.7 Å². The lowest BCUT2D eigenvalue weighted by Crippen LogP contribution is -2.45. The highest BCUT2D eigenvalue weighted by molar-refractivity contribution is 9.10. The van der Waals surface area contributed by atoms with Crippen molar-refractivity contribution < 1.29 is 24.2 Å². The Balaban J connectivity index is 2.57. The number of esters is 1. The molecule has 0 spiro atoms. The number of ether oxygens (including phenoxy) is 2. The van der Waals surface area contributed by atoms with Crippen molar-refractivity contribution in [1.29, 1.82) is 0 Å². The monoisotopic (exact) mass is 384 g/mol. The van der Waals surface area contributed by atoms with Crippen molar-refractivity contribution in [1.82, 2.24) is 10.6 Å². The highest BCUT2D eigenvalue weighted by Crippen LogP contribution is 2.39. The van der Waals surface area contributed by atoms with Gasteiger partial charge in [-0.3, -0.25) is 0 Å². The molecule has 3 N–H and O–H groups in total. The molecule has 7 nitrogen and oxygen atoms in total. The fraction of sp³-hybridized carbons (Fsp3) is 0.333. The molecule has 0 saturated heterocycles. The maximum absolute atomic E-state index is 12.1. The molecule has 1 atom stereocenters. The fourth-order valence-corrected chi connectivity index (χ4v) is 2.92. The van der Waals surface area contributed by atoms with Crippen LogP contribution in [-0.4, -0.2) is 30.8 Å². The molecule has 23 heavy (non-hydrogen) atoms. The molecule has 1 heterocycles. The predicted molar refractivity (Wildman–Crippen MR) is 86.1 cm³/mol. The van der Waals surface area contributed by atoms with E-state index in [1.54, 1.807) is 19.9 Å². The van der Waals surface area contributed by atoms with Crippen LogP contribution in [0.1, 0.15) is 25.5 Å². The number of hydrogen-bond donors (Lipinski definition) is 3. The topological polar surface area (TPSA) is 96.9 Å². The second-order valence-electron chi connectivity index (χ2n) is 4.84. The number of urea groups is 1. The summed E-state index contributed by atoms with van der Waals surface area (Å²) in [5, 5.41) is 15.1. The summed E-state index contributed by atoms with van der Waals surface area (Å²) in [6.07, 6.45) is 0. The van der Waals surface area contributed by atoms with Gasteiger partial charge in [-0.05, 0) is 31.5 Å². The van der Waals surface area contributed by atoms with E-state index in [-0.39, 0.29) is 17.1 Å². The number of phenolic OH excluding ortho intramolecular Hbond substituents is 1. The van der Waals surface area contributed by atoms with Crippen LogP contribution >= 0.6 is 15.9 Å². The largest absolute Gasteiger partial charge is 0.504 e. The smallest absolute Gasteiger partial charge is 0.337 e. The van der Waals surface area contributed by atoms with Gasteiger partial charge in [-0.25, -0.2) is 9.59 Å². The summed E-state index contributed by atoms with van der Waals surface area (Å²) in [6.45, 7) is 3.78. The summed E-state index contributed by atoms with van der Waals surface area (Å²) in [5.41, 5.74) is 1.25. The van der Waals surface area contributed by atoms with Gasteiger partial charge in [0.1, 0.15) is 0 Å². The number of allylic oxidation sites excluding steroid dienone is 1. The molecule has 1 aliphatic heterocycles. The van der Waals surface area contributed by atoms with Crippen LogP contribution in [0.2, 0.25) is 0 Å². The number of carbonyl (C=O) groups excluding carboxylic acids is 2. The third-order valence-corrected chi connectivity index (χ3v) is 4.05. The molecule has 0 saturated carbocycles. The number of amides is 2. The molecule has 0 fully saturated rings. The van der Waals surface area contributed by atoms with Crippen LogP contribution in [0.4, 0.5) is 4.79 Å². The van der Waals surface area contributed by atoms with Crippen molar-refractivity contribution in [2.45, 2.75) is 19.9 Å². The van der Waals surface area contributed by atoms with Crippen LogP contribution in [0.25, 0.3) is 0 Å². The molecule has 2 amide bonds. The Bertz CT molecular complexity index is 687. The zero-order valence-electron chi connectivity index (χ0n) is 12.9. The average molecular weight is 385 g/mol. The Morgan fingerprint density at radius 1 is 1.43 bits per heavy atom. The van der Waals surface area contributed by atoms with Gasteiger partial charge in [-0.2, -0.15) is 0 Å². The van der Waals surface area contributed by atoms with E-state index in [0.717, 1.165) is 0 Å². The lowest BCUT2D eigenvalue weighted by atomic mass is 9.95. The van der Waals surface area contributed by atoms with E-state index in [1.807, 2.05) is 0 Å². The van der Waals surface area contributed by atoms with Crippen molar-refractivity contribution >= 4 is 27.9 Å². The average Bonchev–Trinajstić information content (AvgIpc) is 2.48. The van der Waals surface area contributed by atoms with E-state index in [2.05, 4.69) is 26.6 Å². The third-order valence-electron chi connectivity index (χ3n) is 3.36. The number of methoxy groups -OCH3 is 1. The summed E-state index contributed by atoms with van der Waals surface area (Å²) in [6, 6.07) is 1.87. The molecule has 0 aromatic heterocycles. The Kier molecular flexibility index (Phi) is 5.15. The van der Waals surface area contributed by atoms with Gasteiger partial charge in [-0.1, -0.05) is 15.9 Å².